The van der Waals surface area contributed by atoms with Crippen LogP contribution in [-0.4, -0.2) is 17.3 Å². The van der Waals surface area contributed by atoms with Crippen LogP contribution in [0.3, 0.4) is 0 Å². The van der Waals surface area contributed by atoms with Crippen molar-refractivity contribution in [2.45, 2.75) is 45.3 Å². The van der Waals surface area contributed by atoms with Crippen LogP contribution < -0.4 is 5.73 Å². The lowest BCUT2D eigenvalue weighted by Gasteiger charge is -2.38. The minimum absolute atomic E-state index is 0.150. The van der Waals surface area contributed by atoms with Crippen LogP contribution in [0.4, 0.5) is 0 Å². The predicted molar refractivity (Wildman–Crippen MR) is 41.6 cm³/mol. The molecule has 2 heteroatoms. The van der Waals surface area contributed by atoms with Gasteiger partial charge in [-0.1, -0.05) is 13.8 Å². The van der Waals surface area contributed by atoms with Crippen LogP contribution >= 0.6 is 0 Å². The van der Waals surface area contributed by atoms with Crippen LogP contribution in [0.15, 0.2) is 0 Å². The molecule has 0 heterocycles. The average molecular weight is 143 g/mol. The molecule has 0 aromatic carbocycles. The molecule has 0 saturated heterocycles. The molecule has 2 atom stereocenters. The minimum atomic E-state index is -0.150. The van der Waals surface area contributed by atoms with E-state index in [0.29, 0.717) is 0 Å². The summed E-state index contributed by atoms with van der Waals surface area (Å²) in [5.74, 6) is 0. The Balaban J connectivity index is 2.52. The first-order chi connectivity index (χ1) is 4.52. The highest BCUT2D eigenvalue weighted by atomic mass is 16.3. The third kappa shape index (κ3) is 1.50. The number of aliphatic hydroxyl groups excluding tert-OH is 1. The zero-order valence-electron chi connectivity index (χ0n) is 6.80. The van der Waals surface area contributed by atoms with Crippen molar-refractivity contribution in [3.8, 4) is 0 Å². The SMILES string of the molecule is CC1(C)CCC(O)CC1N. The fraction of sp³-hybridized carbons (Fsp3) is 1.00. The van der Waals surface area contributed by atoms with Crippen molar-refractivity contribution in [1.82, 2.24) is 0 Å². The van der Waals surface area contributed by atoms with Gasteiger partial charge in [0.2, 0.25) is 0 Å². The molecule has 10 heavy (non-hydrogen) atoms. The topological polar surface area (TPSA) is 46.2 Å². The Bertz CT molecular complexity index is 122. The summed E-state index contributed by atoms with van der Waals surface area (Å²) in [5, 5.41) is 9.23. The van der Waals surface area contributed by atoms with Gasteiger partial charge in [-0.3, -0.25) is 0 Å². The van der Waals surface area contributed by atoms with E-state index >= 15 is 0 Å². The van der Waals surface area contributed by atoms with Gasteiger partial charge < -0.3 is 10.8 Å². The zero-order chi connectivity index (χ0) is 7.78. The van der Waals surface area contributed by atoms with Crippen LogP contribution in [0.1, 0.15) is 33.1 Å². The van der Waals surface area contributed by atoms with E-state index in [-0.39, 0.29) is 17.6 Å². The summed E-state index contributed by atoms with van der Waals surface area (Å²) in [6, 6.07) is 0.177. The fourth-order valence-corrected chi connectivity index (χ4v) is 1.45. The van der Waals surface area contributed by atoms with E-state index in [1.807, 2.05) is 0 Å². The lowest BCUT2D eigenvalue weighted by atomic mass is 9.73. The van der Waals surface area contributed by atoms with Crippen molar-refractivity contribution >= 4 is 0 Å². The highest BCUT2D eigenvalue weighted by Crippen LogP contribution is 2.33. The molecule has 60 valence electrons. The molecule has 0 aliphatic heterocycles. The van der Waals surface area contributed by atoms with E-state index < -0.39 is 0 Å². The van der Waals surface area contributed by atoms with Crippen molar-refractivity contribution < 1.29 is 5.11 Å². The highest BCUT2D eigenvalue weighted by Gasteiger charge is 2.32. The Morgan fingerprint density at radius 3 is 2.50 bits per heavy atom. The van der Waals surface area contributed by atoms with E-state index in [4.69, 9.17) is 5.73 Å². The number of rotatable bonds is 0. The van der Waals surface area contributed by atoms with Crippen LogP contribution in [0.5, 0.6) is 0 Å². The second-order valence-corrected chi connectivity index (χ2v) is 4.02. The predicted octanol–water partition coefficient (Wildman–Crippen LogP) is 0.885. The maximum absolute atomic E-state index is 9.23. The molecule has 2 nitrogen and oxygen atoms in total. The summed E-state index contributed by atoms with van der Waals surface area (Å²) in [6.07, 6.45) is 2.59. The summed E-state index contributed by atoms with van der Waals surface area (Å²) in [5.41, 5.74) is 6.08. The van der Waals surface area contributed by atoms with Crippen molar-refractivity contribution in [2.24, 2.45) is 11.1 Å². The standard InChI is InChI=1S/C8H17NO/c1-8(2)4-3-6(10)5-7(8)9/h6-7,10H,3-5,9H2,1-2H3. The van der Waals surface area contributed by atoms with E-state index in [1.165, 1.54) is 0 Å². The summed E-state index contributed by atoms with van der Waals surface area (Å²) in [7, 11) is 0. The second-order valence-electron chi connectivity index (χ2n) is 4.02. The smallest absolute Gasteiger partial charge is 0.0555 e. The average Bonchev–Trinajstić information content (AvgIpc) is 1.81. The summed E-state index contributed by atoms with van der Waals surface area (Å²) >= 11 is 0. The van der Waals surface area contributed by atoms with E-state index in [2.05, 4.69) is 13.8 Å². The van der Waals surface area contributed by atoms with Gasteiger partial charge in [0, 0.05) is 6.04 Å². The normalized spacial score (nSPS) is 39.6. The Kier molecular flexibility index (Phi) is 2.02. The van der Waals surface area contributed by atoms with Crippen LogP contribution in [0.25, 0.3) is 0 Å². The van der Waals surface area contributed by atoms with Gasteiger partial charge in [-0.05, 0) is 24.7 Å². The molecule has 1 rings (SSSR count). The third-order valence-corrected chi connectivity index (χ3v) is 2.65. The Hall–Kier alpha value is -0.0800. The summed E-state index contributed by atoms with van der Waals surface area (Å²) in [4.78, 5) is 0. The molecule has 1 aliphatic carbocycles. The van der Waals surface area contributed by atoms with E-state index in [9.17, 15) is 5.11 Å². The molecule has 0 aromatic heterocycles. The molecule has 0 amide bonds. The molecule has 2 unspecified atom stereocenters. The molecule has 1 aliphatic rings. The van der Waals surface area contributed by atoms with Crippen molar-refractivity contribution in [1.29, 1.82) is 0 Å². The largest absolute Gasteiger partial charge is 0.393 e. The maximum atomic E-state index is 9.23. The molecule has 3 N–H and O–H groups in total. The molecule has 0 radical (unpaired) electrons. The van der Waals surface area contributed by atoms with Gasteiger partial charge in [0.25, 0.3) is 0 Å². The number of nitrogens with two attached hydrogens (primary N) is 1. The van der Waals surface area contributed by atoms with Gasteiger partial charge in [0.15, 0.2) is 0 Å². The molecule has 0 spiro atoms. The maximum Gasteiger partial charge on any atom is 0.0555 e. The number of hydrogen-bond acceptors (Lipinski definition) is 2. The van der Waals surface area contributed by atoms with Gasteiger partial charge in [0.05, 0.1) is 6.10 Å². The summed E-state index contributed by atoms with van der Waals surface area (Å²) in [6.45, 7) is 4.34. The van der Waals surface area contributed by atoms with Gasteiger partial charge in [-0.15, -0.1) is 0 Å². The molecule has 0 bridgehead atoms. The highest BCUT2D eigenvalue weighted by molar-refractivity contribution is 4.88. The van der Waals surface area contributed by atoms with E-state index in [0.717, 1.165) is 19.3 Å². The second kappa shape index (κ2) is 2.51. The van der Waals surface area contributed by atoms with Crippen LogP contribution in [0.2, 0.25) is 0 Å². The van der Waals surface area contributed by atoms with Crippen molar-refractivity contribution in [2.75, 3.05) is 0 Å². The third-order valence-electron chi connectivity index (χ3n) is 2.65. The van der Waals surface area contributed by atoms with Gasteiger partial charge >= 0.3 is 0 Å². The molecule has 1 saturated carbocycles. The Labute approximate surface area is 62.4 Å². The first-order valence-corrected chi connectivity index (χ1v) is 3.96. The van der Waals surface area contributed by atoms with Gasteiger partial charge in [-0.2, -0.15) is 0 Å². The molecule has 1 fully saturated rings. The van der Waals surface area contributed by atoms with Crippen molar-refractivity contribution in [3.63, 3.8) is 0 Å². The first kappa shape index (κ1) is 8.02. The molecule has 0 aromatic rings. The Morgan fingerprint density at radius 2 is 2.10 bits per heavy atom. The van der Waals surface area contributed by atoms with Crippen LogP contribution in [-0.2, 0) is 0 Å². The van der Waals surface area contributed by atoms with Gasteiger partial charge in [-0.25, -0.2) is 0 Å². The quantitative estimate of drug-likeness (QED) is 0.529. The first-order valence-electron chi connectivity index (χ1n) is 3.96. The van der Waals surface area contributed by atoms with Gasteiger partial charge in [0.1, 0.15) is 0 Å². The number of aliphatic hydroxyl groups is 1. The molecular formula is C8H17NO. The molecular weight excluding hydrogens is 126 g/mol. The zero-order valence-corrected chi connectivity index (χ0v) is 6.80. The minimum Gasteiger partial charge on any atom is -0.393 e. The van der Waals surface area contributed by atoms with Crippen LogP contribution in [0, 0.1) is 5.41 Å². The Morgan fingerprint density at radius 1 is 1.50 bits per heavy atom. The van der Waals surface area contributed by atoms with Crippen molar-refractivity contribution in [3.05, 3.63) is 0 Å². The fourth-order valence-electron chi connectivity index (χ4n) is 1.45. The summed E-state index contributed by atoms with van der Waals surface area (Å²) < 4.78 is 0. The number of hydrogen-bond donors (Lipinski definition) is 2. The monoisotopic (exact) mass is 143 g/mol. The lowest BCUT2D eigenvalue weighted by molar-refractivity contribution is 0.0627. The van der Waals surface area contributed by atoms with E-state index in [1.54, 1.807) is 0 Å². The lowest BCUT2D eigenvalue weighted by Crippen LogP contribution is -2.44.